The van der Waals surface area contributed by atoms with Crippen molar-refractivity contribution >= 4 is 23.2 Å². The third kappa shape index (κ3) is 4.40. The zero-order chi connectivity index (χ0) is 20.3. The molecule has 0 radical (unpaired) electrons. The number of amides is 1. The number of hydrogen-bond donors (Lipinski definition) is 0. The van der Waals surface area contributed by atoms with Crippen molar-refractivity contribution in [2.24, 2.45) is 0 Å². The molecule has 2 aromatic rings. The fraction of sp³-hybridized carbons (Fsp3) is 0.316. The molecule has 0 aliphatic carbocycles. The second kappa shape index (κ2) is 8.53. The maximum Gasteiger partial charge on any atom is 0.272 e. The van der Waals surface area contributed by atoms with E-state index < -0.39 is 16.6 Å². The van der Waals surface area contributed by atoms with Gasteiger partial charge in [-0.05, 0) is 24.3 Å². The molecule has 0 N–H and O–H groups in total. The summed E-state index contributed by atoms with van der Waals surface area (Å²) in [5.74, 6) is -0.603. The Morgan fingerprint density at radius 3 is 2.54 bits per heavy atom. The number of piperazine rings is 1. The first-order valence-corrected chi connectivity index (χ1v) is 9.05. The molecule has 0 saturated carbocycles. The number of non-ortho nitro benzene ring substituents is 1. The van der Waals surface area contributed by atoms with E-state index >= 15 is 0 Å². The van der Waals surface area contributed by atoms with Gasteiger partial charge in [0.1, 0.15) is 11.6 Å². The minimum absolute atomic E-state index is 0.157. The Morgan fingerprint density at radius 1 is 1.21 bits per heavy atom. The van der Waals surface area contributed by atoms with Gasteiger partial charge >= 0.3 is 0 Å². The van der Waals surface area contributed by atoms with Crippen LogP contribution in [-0.2, 0) is 6.54 Å². The van der Waals surface area contributed by atoms with Gasteiger partial charge in [0.15, 0.2) is 0 Å². The minimum atomic E-state index is -0.884. The van der Waals surface area contributed by atoms with Gasteiger partial charge in [0.2, 0.25) is 0 Å². The summed E-state index contributed by atoms with van der Waals surface area (Å²) in [6, 6.07) is 8.50. The highest BCUT2D eigenvalue weighted by Crippen LogP contribution is 2.25. The summed E-state index contributed by atoms with van der Waals surface area (Å²) in [6.45, 7) is 2.69. The summed E-state index contributed by atoms with van der Waals surface area (Å²) in [6.07, 6.45) is 0. The van der Waals surface area contributed by atoms with E-state index in [2.05, 4.69) is 4.90 Å². The monoisotopic (exact) mass is 407 g/mol. The van der Waals surface area contributed by atoms with Crippen molar-refractivity contribution in [3.8, 4) is 5.75 Å². The highest BCUT2D eigenvalue weighted by molar-refractivity contribution is 6.30. The van der Waals surface area contributed by atoms with Crippen molar-refractivity contribution in [2.45, 2.75) is 6.54 Å². The average molecular weight is 408 g/mol. The Kier molecular flexibility index (Phi) is 6.11. The second-order valence-corrected chi connectivity index (χ2v) is 6.88. The van der Waals surface area contributed by atoms with Crippen LogP contribution in [-0.4, -0.2) is 53.9 Å². The van der Waals surface area contributed by atoms with E-state index in [1.807, 2.05) is 12.1 Å². The van der Waals surface area contributed by atoms with E-state index in [4.69, 9.17) is 16.3 Å². The first-order valence-electron chi connectivity index (χ1n) is 8.67. The van der Waals surface area contributed by atoms with Crippen molar-refractivity contribution in [1.82, 2.24) is 9.80 Å². The van der Waals surface area contributed by atoms with E-state index in [1.165, 1.54) is 6.07 Å². The van der Waals surface area contributed by atoms with Crippen LogP contribution in [0.1, 0.15) is 15.9 Å². The van der Waals surface area contributed by atoms with Crippen molar-refractivity contribution in [3.63, 3.8) is 0 Å². The van der Waals surface area contributed by atoms with Crippen LogP contribution in [0, 0.1) is 15.9 Å². The zero-order valence-corrected chi connectivity index (χ0v) is 16.0. The number of rotatable bonds is 5. The van der Waals surface area contributed by atoms with Gasteiger partial charge in [0.25, 0.3) is 11.6 Å². The van der Waals surface area contributed by atoms with Gasteiger partial charge in [-0.25, -0.2) is 4.39 Å². The van der Waals surface area contributed by atoms with Crippen molar-refractivity contribution < 1.29 is 18.8 Å². The van der Waals surface area contributed by atoms with Crippen molar-refractivity contribution in [2.75, 3.05) is 33.3 Å². The Bertz CT molecular complexity index is 901. The molecular formula is C19H19ClFN3O4. The number of carbonyl (C=O) groups is 1. The molecule has 1 amide bonds. The zero-order valence-electron chi connectivity index (χ0n) is 15.2. The molecule has 0 spiro atoms. The summed E-state index contributed by atoms with van der Waals surface area (Å²) in [7, 11) is 1.60. The number of hydrogen-bond acceptors (Lipinski definition) is 5. The first kappa shape index (κ1) is 20.0. The van der Waals surface area contributed by atoms with Crippen LogP contribution in [0.2, 0.25) is 5.02 Å². The summed E-state index contributed by atoms with van der Waals surface area (Å²) in [5, 5.41) is 11.3. The molecular weight excluding hydrogens is 389 g/mol. The number of benzene rings is 2. The van der Waals surface area contributed by atoms with Crippen LogP contribution in [0.4, 0.5) is 10.1 Å². The number of halogens is 2. The molecule has 1 saturated heterocycles. The Morgan fingerprint density at radius 2 is 1.93 bits per heavy atom. The molecule has 7 nitrogen and oxygen atoms in total. The third-order valence-electron chi connectivity index (χ3n) is 4.69. The maximum atomic E-state index is 14.1. The molecule has 0 atom stereocenters. The summed E-state index contributed by atoms with van der Waals surface area (Å²) < 4.78 is 19.5. The Labute approximate surface area is 166 Å². The Hall–Kier alpha value is -2.71. The molecule has 3 rings (SSSR count). The van der Waals surface area contributed by atoms with Crippen LogP contribution in [0.15, 0.2) is 36.4 Å². The van der Waals surface area contributed by atoms with Crippen LogP contribution < -0.4 is 4.74 Å². The fourth-order valence-corrected chi connectivity index (χ4v) is 3.38. The van der Waals surface area contributed by atoms with Gasteiger partial charge in [0, 0.05) is 49.4 Å². The normalized spacial score (nSPS) is 14.8. The number of nitro benzene ring substituents is 1. The number of methoxy groups -OCH3 is 1. The highest BCUT2D eigenvalue weighted by Gasteiger charge is 2.25. The van der Waals surface area contributed by atoms with Gasteiger partial charge in [0.05, 0.1) is 23.7 Å². The molecule has 0 unspecified atom stereocenters. The Balaban J connectivity index is 1.63. The lowest BCUT2D eigenvalue weighted by molar-refractivity contribution is -0.385. The van der Waals surface area contributed by atoms with Gasteiger partial charge < -0.3 is 9.64 Å². The highest BCUT2D eigenvalue weighted by atomic mass is 35.5. The van der Waals surface area contributed by atoms with Crippen LogP contribution in [0.5, 0.6) is 5.75 Å². The maximum absolute atomic E-state index is 14.1. The summed E-state index contributed by atoms with van der Waals surface area (Å²) in [5.41, 5.74) is 0.418. The SMILES string of the molecule is COc1ccc(Cl)cc1CN1CCN(C(=O)c2ccc([N+](=O)[O-])cc2F)CC1. The van der Waals surface area contributed by atoms with Gasteiger partial charge in [-0.1, -0.05) is 11.6 Å². The largest absolute Gasteiger partial charge is 0.496 e. The van der Waals surface area contributed by atoms with E-state index in [1.54, 1.807) is 18.1 Å². The number of nitrogens with zero attached hydrogens (tertiary/aromatic N) is 3. The smallest absolute Gasteiger partial charge is 0.272 e. The summed E-state index contributed by atoms with van der Waals surface area (Å²) in [4.78, 5) is 26.3. The van der Waals surface area contributed by atoms with Gasteiger partial charge in [-0.15, -0.1) is 0 Å². The number of carbonyl (C=O) groups excluding carboxylic acids is 1. The molecule has 148 valence electrons. The molecule has 0 aromatic heterocycles. The molecule has 0 bridgehead atoms. The standard InChI is InChI=1S/C19H19ClFN3O4/c1-28-18-5-2-14(20)10-13(18)12-22-6-8-23(9-7-22)19(25)16-4-3-15(24(26)27)11-17(16)21/h2-5,10-11H,6-9,12H2,1H3. The van der Waals surface area contributed by atoms with E-state index in [0.717, 1.165) is 23.4 Å². The molecule has 1 heterocycles. The molecule has 1 aliphatic heterocycles. The van der Waals surface area contributed by atoms with Crippen LogP contribution in [0.25, 0.3) is 0 Å². The number of nitro groups is 1. The topological polar surface area (TPSA) is 75.9 Å². The quantitative estimate of drug-likeness (QED) is 0.561. The molecule has 9 heteroatoms. The predicted molar refractivity (Wildman–Crippen MR) is 102 cm³/mol. The summed E-state index contributed by atoms with van der Waals surface area (Å²) >= 11 is 6.06. The fourth-order valence-electron chi connectivity index (χ4n) is 3.18. The lowest BCUT2D eigenvalue weighted by Gasteiger charge is -2.35. The lowest BCUT2D eigenvalue weighted by Crippen LogP contribution is -2.48. The van der Waals surface area contributed by atoms with E-state index in [-0.39, 0.29) is 11.3 Å². The van der Waals surface area contributed by atoms with Crippen molar-refractivity contribution in [3.05, 3.63) is 68.5 Å². The molecule has 1 fully saturated rings. The average Bonchev–Trinajstić information content (AvgIpc) is 2.68. The third-order valence-corrected chi connectivity index (χ3v) is 4.92. The van der Waals surface area contributed by atoms with Gasteiger partial charge in [-0.3, -0.25) is 19.8 Å². The first-order chi connectivity index (χ1) is 13.4. The lowest BCUT2D eigenvalue weighted by atomic mass is 10.1. The molecule has 2 aromatic carbocycles. The van der Waals surface area contributed by atoms with Crippen LogP contribution >= 0.6 is 11.6 Å². The number of ether oxygens (including phenoxy) is 1. The second-order valence-electron chi connectivity index (χ2n) is 6.45. The van der Waals surface area contributed by atoms with Gasteiger partial charge in [-0.2, -0.15) is 0 Å². The minimum Gasteiger partial charge on any atom is -0.496 e. The molecule has 1 aliphatic rings. The van der Waals surface area contributed by atoms with E-state index in [0.29, 0.717) is 37.7 Å². The van der Waals surface area contributed by atoms with E-state index in [9.17, 15) is 19.3 Å². The van der Waals surface area contributed by atoms with Crippen molar-refractivity contribution in [1.29, 1.82) is 0 Å². The molecule has 28 heavy (non-hydrogen) atoms. The van der Waals surface area contributed by atoms with Crippen LogP contribution in [0.3, 0.4) is 0 Å². The predicted octanol–water partition coefficient (Wildman–Crippen LogP) is 3.35.